The number of aryl methyl sites for hydroxylation is 1. The Kier molecular flexibility index (Phi) is 6.58. The van der Waals surface area contributed by atoms with E-state index in [9.17, 15) is 19.2 Å². The summed E-state index contributed by atoms with van der Waals surface area (Å²) in [6, 6.07) is 22.8. The van der Waals surface area contributed by atoms with Crippen LogP contribution in [0.5, 0.6) is 5.75 Å². The second-order valence-corrected chi connectivity index (χ2v) is 9.27. The van der Waals surface area contributed by atoms with Crippen LogP contribution < -0.4 is 15.5 Å². The number of fused-ring (bicyclic) bond motifs is 1. The van der Waals surface area contributed by atoms with E-state index in [0.29, 0.717) is 17.9 Å². The molecule has 1 aromatic heterocycles. The number of benzene rings is 3. The van der Waals surface area contributed by atoms with Crippen LogP contribution in [-0.4, -0.2) is 22.0 Å². The molecule has 1 aliphatic carbocycles. The van der Waals surface area contributed by atoms with E-state index < -0.39 is 17.2 Å². The van der Waals surface area contributed by atoms with Crippen molar-refractivity contribution >= 4 is 22.7 Å². The van der Waals surface area contributed by atoms with E-state index in [1.165, 1.54) is 12.1 Å². The molecule has 2 atom stereocenters. The van der Waals surface area contributed by atoms with Gasteiger partial charge in [-0.15, -0.1) is 0 Å². The molecule has 37 heavy (non-hydrogen) atoms. The Hall–Kier alpha value is -4.30. The number of hydroxylamine groups is 1. The molecule has 1 saturated carbocycles. The Morgan fingerprint density at radius 1 is 1.08 bits per heavy atom. The molecular formula is C29H26FN3O4. The fourth-order valence-corrected chi connectivity index (χ4v) is 4.84. The van der Waals surface area contributed by atoms with Gasteiger partial charge < -0.3 is 10.1 Å². The van der Waals surface area contributed by atoms with Gasteiger partial charge in [-0.05, 0) is 60.9 Å². The zero-order chi connectivity index (χ0) is 26.0. The summed E-state index contributed by atoms with van der Waals surface area (Å²) in [4.78, 5) is 30.3. The maximum absolute atomic E-state index is 13.4. The quantitative estimate of drug-likeness (QED) is 0.247. The van der Waals surface area contributed by atoms with Crippen LogP contribution in [0.25, 0.3) is 10.9 Å². The minimum atomic E-state index is -1.15. The fraction of sp³-hybridized carbons (Fsp3) is 0.207. The maximum Gasteiger partial charge on any atom is 0.247 e. The summed E-state index contributed by atoms with van der Waals surface area (Å²) in [5, 5.41) is 13.1. The van der Waals surface area contributed by atoms with Gasteiger partial charge in [0, 0.05) is 23.2 Å². The molecule has 0 unspecified atom stereocenters. The second kappa shape index (κ2) is 9.99. The number of nitrogens with one attached hydrogen (secondary N) is 2. The maximum atomic E-state index is 13.4. The summed E-state index contributed by atoms with van der Waals surface area (Å²) in [5.41, 5.74) is 4.64. The standard InChI is InChI=1S/C29H26FN3O4/c1-18-13-20(24-7-2-3-8-26(24)32-18)17-37-23-6-4-5-21(14-23)29(15-25(29)27(34)33-36)28(35)31-16-19-9-11-22(30)12-10-19/h2-14,25,36H,15-17H2,1H3,(H,31,35)(H,33,34)/t25-,29-/m0/s1. The first-order valence-corrected chi connectivity index (χ1v) is 12.0. The number of hydrogen-bond acceptors (Lipinski definition) is 5. The van der Waals surface area contributed by atoms with Gasteiger partial charge in [-0.25, -0.2) is 9.87 Å². The lowest BCUT2D eigenvalue weighted by molar-refractivity contribution is -0.133. The van der Waals surface area contributed by atoms with Crippen molar-refractivity contribution < 1.29 is 23.9 Å². The molecule has 4 aromatic rings. The predicted octanol–water partition coefficient (Wildman–Crippen LogP) is 4.34. The second-order valence-electron chi connectivity index (χ2n) is 9.27. The van der Waals surface area contributed by atoms with Crippen molar-refractivity contribution in [3.05, 3.63) is 107 Å². The molecule has 5 rings (SSSR count). The Morgan fingerprint density at radius 3 is 2.65 bits per heavy atom. The summed E-state index contributed by atoms with van der Waals surface area (Å²) in [7, 11) is 0. The number of para-hydroxylation sites is 1. The molecular weight excluding hydrogens is 473 g/mol. The molecule has 2 amide bonds. The molecule has 3 N–H and O–H groups in total. The van der Waals surface area contributed by atoms with Gasteiger partial charge in [-0.1, -0.05) is 42.5 Å². The molecule has 0 spiro atoms. The summed E-state index contributed by atoms with van der Waals surface area (Å²) in [6.07, 6.45) is 0.242. The lowest BCUT2D eigenvalue weighted by atomic mass is 9.91. The monoisotopic (exact) mass is 499 g/mol. The lowest BCUT2D eigenvalue weighted by Crippen LogP contribution is -2.38. The SMILES string of the molecule is Cc1cc(COc2cccc([C@@]3(C(=O)NCc4ccc(F)cc4)C[C@H]3C(=O)NO)c2)c2ccccc2n1. The molecule has 7 nitrogen and oxygen atoms in total. The van der Waals surface area contributed by atoms with Gasteiger partial charge >= 0.3 is 0 Å². The molecule has 3 aromatic carbocycles. The number of pyridine rings is 1. The van der Waals surface area contributed by atoms with E-state index in [1.54, 1.807) is 41.9 Å². The average Bonchev–Trinajstić information content (AvgIpc) is 3.68. The number of rotatable bonds is 8. The lowest BCUT2D eigenvalue weighted by Gasteiger charge is -2.19. The zero-order valence-electron chi connectivity index (χ0n) is 20.2. The number of ether oxygens (including phenoxy) is 1. The van der Waals surface area contributed by atoms with E-state index in [0.717, 1.165) is 27.7 Å². The summed E-state index contributed by atoms with van der Waals surface area (Å²) >= 11 is 0. The third-order valence-electron chi connectivity index (χ3n) is 6.83. The number of aromatic nitrogens is 1. The van der Waals surface area contributed by atoms with Crippen molar-refractivity contribution in [2.75, 3.05) is 0 Å². The highest BCUT2D eigenvalue weighted by Gasteiger charge is 2.64. The van der Waals surface area contributed by atoms with Crippen molar-refractivity contribution in [1.82, 2.24) is 15.8 Å². The molecule has 1 aliphatic rings. The third-order valence-corrected chi connectivity index (χ3v) is 6.83. The number of hydrogen-bond donors (Lipinski definition) is 3. The van der Waals surface area contributed by atoms with Crippen LogP contribution in [-0.2, 0) is 28.2 Å². The number of nitrogens with zero attached hydrogens (tertiary/aromatic N) is 1. The summed E-state index contributed by atoms with van der Waals surface area (Å²) in [6.45, 7) is 2.42. The van der Waals surface area contributed by atoms with Gasteiger partial charge in [0.05, 0.1) is 16.8 Å². The number of carbonyl (C=O) groups excluding carboxylic acids is 2. The Bertz CT molecular complexity index is 1470. The van der Waals surface area contributed by atoms with Crippen molar-refractivity contribution in [2.24, 2.45) is 5.92 Å². The van der Waals surface area contributed by atoms with Crippen LogP contribution in [0.3, 0.4) is 0 Å². The van der Waals surface area contributed by atoms with Crippen LogP contribution in [0.1, 0.15) is 28.8 Å². The van der Waals surface area contributed by atoms with Crippen LogP contribution in [0, 0.1) is 18.7 Å². The number of halogens is 1. The Morgan fingerprint density at radius 2 is 1.86 bits per heavy atom. The molecule has 0 aliphatic heterocycles. The van der Waals surface area contributed by atoms with Gasteiger partial charge in [0.1, 0.15) is 18.2 Å². The smallest absolute Gasteiger partial charge is 0.247 e. The summed E-state index contributed by atoms with van der Waals surface area (Å²) < 4.78 is 19.3. The Labute approximate surface area is 213 Å². The van der Waals surface area contributed by atoms with Crippen LogP contribution in [0.2, 0.25) is 0 Å². The van der Waals surface area contributed by atoms with E-state index in [1.807, 2.05) is 37.3 Å². The molecule has 188 valence electrons. The van der Waals surface area contributed by atoms with Gasteiger partial charge in [0.2, 0.25) is 11.8 Å². The van der Waals surface area contributed by atoms with Crippen LogP contribution >= 0.6 is 0 Å². The van der Waals surface area contributed by atoms with E-state index in [2.05, 4.69) is 10.3 Å². The van der Waals surface area contributed by atoms with E-state index in [-0.39, 0.29) is 24.7 Å². The summed E-state index contributed by atoms with van der Waals surface area (Å²) in [5.74, 6) is -1.51. The van der Waals surface area contributed by atoms with E-state index >= 15 is 0 Å². The van der Waals surface area contributed by atoms with Crippen molar-refractivity contribution in [1.29, 1.82) is 0 Å². The first-order chi connectivity index (χ1) is 17.9. The highest BCUT2D eigenvalue weighted by Crippen LogP contribution is 2.55. The largest absolute Gasteiger partial charge is 0.489 e. The van der Waals surface area contributed by atoms with Crippen molar-refractivity contribution in [3.8, 4) is 5.75 Å². The van der Waals surface area contributed by atoms with E-state index in [4.69, 9.17) is 4.74 Å². The minimum absolute atomic E-state index is 0.180. The molecule has 0 bridgehead atoms. The normalized spacial score (nSPS) is 18.3. The molecule has 1 fully saturated rings. The fourth-order valence-electron chi connectivity index (χ4n) is 4.84. The molecule has 1 heterocycles. The zero-order valence-corrected chi connectivity index (χ0v) is 20.2. The highest BCUT2D eigenvalue weighted by molar-refractivity contribution is 6.00. The van der Waals surface area contributed by atoms with Gasteiger partial charge in [-0.2, -0.15) is 0 Å². The number of amides is 2. The first kappa shape index (κ1) is 24.4. The topological polar surface area (TPSA) is 101 Å². The Balaban J connectivity index is 1.37. The molecule has 0 radical (unpaired) electrons. The van der Waals surface area contributed by atoms with Gasteiger partial charge in [0.25, 0.3) is 0 Å². The first-order valence-electron chi connectivity index (χ1n) is 12.0. The molecule has 8 heteroatoms. The minimum Gasteiger partial charge on any atom is -0.489 e. The third kappa shape index (κ3) is 4.88. The number of carbonyl (C=O) groups is 2. The van der Waals surface area contributed by atoms with Gasteiger partial charge in [-0.3, -0.25) is 19.8 Å². The highest BCUT2D eigenvalue weighted by atomic mass is 19.1. The van der Waals surface area contributed by atoms with Crippen LogP contribution in [0.4, 0.5) is 4.39 Å². The molecule has 0 saturated heterocycles. The van der Waals surface area contributed by atoms with Gasteiger partial charge in [0.15, 0.2) is 0 Å². The predicted molar refractivity (Wildman–Crippen MR) is 135 cm³/mol. The van der Waals surface area contributed by atoms with Crippen molar-refractivity contribution in [2.45, 2.75) is 31.9 Å². The van der Waals surface area contributed by atoms with Crippen molar-refractivity contribution in [3.63, 3.8) is 0 Å². The van der Waals surface area contributed by atoms with Crippen LogP contribution in [0.15, 0.2) is 78.9 Å². The average molecular weight is 500 g/mol.